The summed E-state index contributed by atoms with van der Waals surface area (Å²) in [6.45, 7) is 1.80. The normalized spacial score (nSPS) is 8.55. The van der Waals surface area contributed by atoms with Gasteiger partial charge in [-0.1, -0.05) is 19.2 Å². The summed E-state index contributed by atoms with van der Waals surface area (Å²) < 4.78 is 0. The number of hydrogen-bond acceptors (Lipinski definition) is 3. The largest absolute Gasteiger partial charge is 0.394 e. The molecular formula is C6H7BN2OY-. The van der Waals surface area contributed by atoms with Crippen molar-refractivity contribution in [2.75, 3.05) is 0 Å². The molecular weight excluding hydrogens is 216 g/mol. The maximum absolute atomic E-state index is 8.58. The van der Waals surface area contributed by atoms with Crippen LogP contribution in [-0.2, 0) is 39.3 Å². The Morgan fingerprint density at radius 2 is 2.45 bits per heavy atom. The van der Waals surface area contributed by atoms with Gasteiger partial charge in [0.15, 0.2) is 0 Å². The molecule has 54 valence electrons. The van der Waals surface area contributed by atoms with Gasteiger partial charge in [-0.15, -0.1) is 5.56 Å². The van der Waals surface area contributed by atoms with E-state index in [1.807, 2.05) is 6.82 Å². The Bertz CT molecular complexity index is 181. The van der Waals surface area contributed by atoms with Gasteiger partial charge in [0.1, 0.15) is 7.28 Å². The van der Waals surface area contributed by atoms with E-state index in [4.69, 9.17) is 5.11 Å². The molecule has 0 bridgehead atoms. The number of rotatable bonds is 2. The zero-order chi connectivity index (χ0) is 7.40. The fraction of sp³-hybridized carbons (Fsp3) is 0.333. The molecule has 1 rings (SSSR count). The van der Waals surface area contributed by atoms with E-state index in [2.05, 4.69) is 16.2 Å². The fourth-order valence-electron chi connectivity index (χ4n) is 0.546. The molecule has 0 aliphatic rings. The van der Waals surface area contributed by atoms with Crippen molar-refractivity contribution in [2.45, 2.75) is 13.4 Å². The zero-order valence-corrected chi connectivity index (χ0v) is 9.12. The van der Waals surface area contributed by atoms with Gasteiger partial charge in [-0.3, -0.25) is 0 Å². The molecule has 0 saturated heterocycles. The molecule has 1 heterocycles. The maximum Gasteiger partial charge on any atom is 0.113 e. The van der Waals surface area contributed by atoms with Crippen LogP contribution in [0.1, 0.15) is 5.56 Å². The first-order valence-electron chi connectivity index (χ1n) is 3.00. The van der Waals surface area contributed by atoms with Crippen LogP contribution in [0.15, 0.2) is 6.20 Å². The van der Waals surface area contributed by atoms with Crippen molar-refractivity contribution in [2.24, 2.45) is 0 Å². The van der Waals surface area contributed by atoms with E-state index in [9.17, 15) is 0 Å². The number of aliphatic hydroxyl groups excluding tert-OH is 1. The van der Waals surface area contributed by atoms with Crippen LogP contribution >= 0.6 is 0 Å². The van der Waals surface area contributed by atoms with Crippen LogP contribution in [0.4, 0.5) is 0 Å². The van der Waals surface area contributed by atoms with Crippen LogP contribution < -0.4 is 5.72 Å². The minimum atomic E-state index is -0.0516. The predicted octanol–water partition coefficient (Wildman–Crippen LogP) is -0.856. The predicted molar refractivity (Wildman–Crippen MR) is 38.0 cm³/mol. The van der Waals surface area contributed by atoms with Gasteiger partial charge in [-0.25, -0.2) is 0 Å². The average Bonchev–Trinajstić information content (AvgIpc) is 2.05. The summed E-state index contributed by atoms with van der Waals surface area (Å²) in [4.78, 5) is 7.73. The second-order valence-corrected chi connectivity index (χ2v) is 1.81. The molecule has 0 aliphatic carbocycles. The summed E-state index contributed by atoms with van der Waals surface area (Å²) >= 11 is 0. The molecule has 0 amide bonds. The molecule has 0 unspecified atom stereocenters. The first-order chi connectivity index (χ1) is 4.86. The second kappa shape index (κ2) is 5.81. The molecule has 1 aromatic rings. The fourth-order valence-corrected chi connectivity index (χ4v) is 0.546. The molecule has 2 radical (unpaired) electrons. The number of aromatic nitrogens is 2. The van der Waals surface area contributed by atoms with Crippen molar-refractivity contribution in [1.29, 1.82) is 0 Å². The minimum Gasteiger partial charge on any atom is -0.394 e. The van der Waals surface area contributed by atoms with Crippen LogP contribution in [0.25, 0.3) is 0 Å². The van der Waals surface area contributed by atoms with Crippen molar-refractivity contribution < 1.29 is 37.8 Å². The van der Waals surface area contributed by atoms with Crippen LogP contribution in [0.2, 0.25) is 6.82 Å². The number of aliphatic hydroxyl groups is 1. The van der Waals surface area contributed by atoms with Gasteiger partial charge in [0.2, 0.25) is 0 Å². The Labute approximate surface area is 91.8 Å². The summed E-state index contributed by atoms with van der Waals surface area (Å²) in [5.74, 6) is 0. The molecule has 0 aliphatic heterocycles. The van der Waals surface area contributed by atoms with Crippen LogP contribution in [0.3, 0.4) is 0 Å². The van der Waals surface area contributed by atoms with E-state index >= 15 is 0 Å². The smallest absolute Gasteiger partial charge is 0.113 e. The van der Waals surface area contributed by atoms with Crippen molar-refractivity contribution in [3.05, 3.63) is 18.0 Å². The molecule has 11 heavy (non-hydrogen) atoms. The molecule has 0 spiro atoms. The first kappa shape index (κ1) is 11.2. The molecule has 0 aromatic carbocycles. The van der Waals surface area contributed by atoms with E-state index in [0.29, 0.717) is 11.3 Å². The summed E-state index contributed by atoms with van der Waals surface area (Å²) in [5.41, 5.74) is 1.25. The van der Waals surface area contributed by atoms with E-state index in [-0.39, 0.29) is 39.3 Å². The average molecular weight is 223 g/mol. The summed E-state index contributed by atoms with van der Waals surface area (Å²) in [6.07, 6.45) is 4.20. The monoisotopic (exact) mass is 223 g/mol. The molecule has 0 saturated carbocycles. The third-order valence-corrected chi connectivity index (χ3v) is 1.10. The molecule has 3 nitrogen and oxygen atoms in total. The first-order valence-corrected chi connectivity index (χ1v) is 3.00. The molecule has 0 fully saturated rings. The standard InChI is InChI=1S/C6H7BN2O.Y/c1-7-6-8-2-5(4-10)3-9-6;/h2,10H,4H2,1H3;/q-1;. The molecule has 0 atom stereocenters. The van der Waals surface area contributed by atoms with Crippen molar-refractivity contribution in [3.8, 4) is 0 Å². The maximum atomic E-state index is 8.58. The summed E-state index contributed by atoms with van der Waals surface area (Å²) in [5, 5.41) is 8.58. The van der Waals surface area contributed by atoms with E-state index in [1.165, 1.54) is 0 Å². The van der Waals surface area contributed by atoms with Gasteiger partial charge in [0.25, 0.3) is 0 Å². The van der Waals surface area contributed by atoms with Gasteiger partial charge >= 0.3 is 0 Å². The van der Waals surface area contributed by atoms with E-state index in [0.717, 1.165) is 0 Å². The second-order valence-electron chi connectivity index (χ2n) is 1.81. The summed E-state index contributed by atoms with van der Waals surface area (Å²) in [6, 6.07) is 0. The quantitative estimate of drug-likeness (QED) is 0.524. The van der Waals surface area contributed by atoms with Crippen LogP contribution in [-0.4, -0.2) is 22.4 Å². The van der Waals surface area contributed by atoms with Gasteiger partial charge in [0.05, 0.1) is 0 Å². The summed E-state index contributed by atoms with van der Waals surface area (Å²) in [7, 11) is 1.78. The third kappa shape index (κ3) is 3.41. The van der Waals surface area contributed by atoms with Gasteiger partial charge in [-0.2, -0.15) is 0 Å². The van der Waals surface area contributed by atoms with Gasteiger partial charge in [-0.05, 0) is 5.72 Å². The van der Waals surface area contributed by atoms with Gasteiger partial charge < -0.3 is 15.1 Å². The molecule has 1 aromatic heterocycles. The van der Waals surface area contributed by atoms with E-state index in [1.54, 1.807) is 13.5 Å². The SMILES string of the molecule is C[B]c1n[c-]c(CO)cn1.[Y]. The third-order valence-electron chi connectivity index (χ3n) is 1.10. The van der Waals surface area contributed by atoms with Crippen molar-refractivity contribution in [3.63, 3.8) is 0 Å². The Balaban J connectivity index is 0.000001000. The Morgan fingerprint density at radius 1 is 1.73 bits per heavy atom. The van der Waals surface area contributed by atoms with Crippen molar-refractivity contribution >= 4 is 13.0 Å². The van der Waals surface area contributed by atoms with Gasteiger partial charge in [0, 0.05) is 39.3 Å². The topological polar surface area (TPSA) is 46.0 Å². The Hall–Kier alpha value is 0.209. The zero-order valence-electron chi connectivity index (χ0n) is 6.28. The molecule has 1 N–H and O–H groups in total. The minimum absolute atomic E-state index is 0. The van der Waals surface area contributed by atoms with Crippen molar-refractivity contribution in [1.82, 2.24) is 9.97 Å². The van der Waals surface area contributed by atoms with Crippen LogP contribution in [0.5, 0.6) is 0 Å². The van der Waals surface area contributed by atoms with E-state index < -0.39 is 0 Å². The Morgan fingerprint density at radius 3 is 2.82 bits per heavy atom. The molecule has 5 heteroatoms. The number of hydrogen-bond donors (Lipinski definition) is 1. The number of nitrogens with zero attached hydrogens (tertiary/aromatic N) is 2. The Kier molecular flexibility index (Phi) is 5.92. The van der Waals surface area contributed by atoms with Crippen LogP contribution in [0, 0.1) is 6.20 Å².